The summed E-state index contributed by atoms with van der Waals surface area (Å²) in [5.74, 6) is 0. The van der Waals surface area contributed by atoms with E-state index in [0.717, 1.165) is 10.9 Å². The lowest BCUT2D eigenvalue weighted by atomic mass is 10.4. The first-order chi connectivity index (χ1) is 8.13. The van der Waals surface area contributed by atoms with Crippen molar-refractivity contribution in [1.82, 2.24) is 9.78 Å². The molecular weight excluding hydrogens is 297 g/mol. The molecule has 1 heterocycles. The van der Waals surface area contributed by atoms with E-state index in [1.807, 2.05) is 0 Å². The van der Waals surface area contributed by atoms with Crippen molar-refractivity contribution in [1.29, 1.82) is 0 Å². The fourth-order valence-corrected chi connectivity index (χ4v) is 2.25. The van der Waals surface area contributed by atoms with Crippen LogP contribution >= 0.6 is 10.7 Å². The maximum atomic E-state index is 12.0. The van der Waals surface area contributed by atoms with Crippen molar-refractivity contribution in [2.75, 3.05) is 7.11 Å². The van der Waals surface area contributed by atoms with Gasteiger partial charge in [-0.05, 0) is 0 Å². The van der Waals surface area contributed by atoms with Crippen molar-refractivity contribution < 1.29 is 26.3 Å². The quantitative estimate of drug-likeness (QED) is 0.780. The van der Waals surface area contributed by atoms with Gasteiger partial charge in [0.25, 0.3) is 9.05 Å². The van der Waals surface area contributed by atoms with Gasteiger partial charge in [0, 0.05) is 30.5 Å². The minimum Gasteiger partial charge on any atom is -0.378 e. The van der Waals surface area contributed by atoms with Crippen molar-refractivity contribution in [2.45, 2.75) is 30.6 Å². The van der Waals surface area contributed by atoms with E-state index in [4.69, 9.17) is 15.4 Å². The Morgan fingerprint density at radius 2 is 2.11 bits per heavy atom. The van der Waals surface area contributed by atoms with Crippen LogP contribution in [0.2, 0.25) is 0 Å². The Hall–Kier alpha value is -0.800. The molecule has 0 radical (unpaired) electrons. The van der Waals surface area contributed by atoms with Crippen LogP contribution in [0.4, 0.5) is 13.2 Å². The molecule has 0 N–H and O–H groups in total. The molecule has 0 unspecified atom stereocenters. The van der Waals surface area contributed by atoms with Gasteiger partial charge in [-0.2, -0.15) is 18.3 Å². The van der Waals surface area contributed by atoms with E-state index in [0.29, 0.717) is 0 Å². The summed E-state index contributed by atoms with van der Waals surface area (Å²) in [4.78, 5) is -0.340. The molecule has 0 amide bonds. The zero-order valence-electron chi connectivity index (χ0n) is 9.24. The molecule has 0 saturated heterocycles. The first kappa shape index (κ1) is 15.3. The van der Waals surface area contributed by atoms with Crippen LogP contribution in [0.25, 0.3) is 0 Å². The number of nitrogens with zero attached hydrogens (tertiary/aromatic N) is 2. The highest BCUT2D eigenvalue weighted by molar-refractivity contribution is 8.13. The predicted octanol–water partition coefficient (Wildman–Crippen LogP) is 1.91. The van der Waals surface area contributed by atoms with E-state index in [-0.39, 0.29) is 17.2 Å². The lowest BCUT2D eigenvalue weighted by Gasteiger charge is -2.05. The molecule has 104 valence electrons. The van der Waals surface area contributed by atoms with Crippen molar-refractivity contribution in [3.8, 4) is 0 Å². The largest absolute Gasteiger partial charge is 0.390 e. The first-order valence-corrected chi connectivity index (χ1v) is 7.01. The molecule has 1 aromatic rings. The summed E-state index contributed by atoms with van der Waals surface area (Å²) >= 11 is 0. The molecule has 5 nitrogen and oxygen atoms in total. The van der Waals surface area contributed by atoms with Crippen LogP contribution in [0.5, 0.6) is 0 Å². The molecule has 0 bridgehead atoms. The van der Waals surface area contributed by atoms with Gasteiger partial charge in [-0.25, -0.2) is 8.42 Å². The van der Waals surface area contributed by atoms with E-state index in [1.165, 1.54) is 7.11 Å². The van der Waals surface area contributed by atoms with Crippen LogP contribution in [-0.4, -0.2) is 31.5 Å². The van der Waals surface area contributed by atoms with Gasteiger partial charge in [0.15, 0.2) is 0 Å². The maximum absolute atomic E-state index is 12.0. The van der Waals surface area contributed by atoms with E-state index in [1.54, 1.807) is 0 Å². The molecule has 0 spiro atoms. The lowest BCUT2D eigenvalue weighted by Crippen LogP contribution is -2.12. The molecular formula is C8H10ClF3N2O3S. The molecule has 0 saturated carbocycles. The summed E-state index contributed by atoms with van der Waals surface area (Å²) in [6.45, 7) is -0.632. The Bertz CT molecular complexity index is 512. The number of rotatable bonds is 5. The summed E-state index contributed by atoms with van der Waals surface area (Å²) in [5, 5.41) is 3.70. The van der Waals surface area contributed by atoms with Crippen LogP contribution in [0.3, 0.4) is 0 Å². The highest BCUT2D eigenvalue weighted by Gasteiger charge is 2.28. The van der Waals surface area contributed by atoms with Crippen LogP contribution in [0.15, 0.2) is 11.1 Å². The zero-order valence-corrected chi connectivity index (χ0v) is 10.8. The lowest BCUT2D eigenvalue weighted by molar-refractivity contribution is -0.137. The third-order valence-corrected chi connectivity index (χ3v) is 3.33. The SMILES string of the molecule is COCc1nn(CCC(F)(F)F)cc1S(=O)(=O)Cl. The van der Waals surface area contributed by atoms with Gasteiger partial charge in [-0.15, -0.1) is 0 Å². The summed E-state index contributed by atoms with van der Waals surface area (Å²) in [7, 11) is 2.39. The molecule has 1 aromatic heterocycles. The monoisotopic (exact) mass is 306 g/mol. The number of aromatic nitrogens is 2. The highest BCUT2D eigenvalue weighted by atomic mass is 35.7. The Balaban J connectivity index is 2.96. The molecule has 0 fully saturated rings. The van der Waals surface area contributed by atoms with Crippen LogP contribution < -0.4 is 0 Å². The van der Waals surface area contributed by atoms with Crippen molar-refractivity contribution in [3.63, 3.8) is 0 Å². The topological polar surface area (TPSA) is 61.2 Å². The fraction of sp³-hybridized carbons (Fsp3) is 0.625. The normalized spacial score (nSPS) is 12.9. The molecule has 0 aliphatic rings. The molecule has 0 aliphatic carbocycles. The smallest absolute Gasteiger partial charge is 0.378 e. The van der Waals surface area contributed by atoms with Gasteiger partial charge in [0.05, 0.1) is 13.0 Å². The molecule has 0 aromatic carbocycles. The average molecular weight is 307 g/mol. The van der Waals surface area contributed by atoms with Crippen molar-refractivity contribution >= 4 is 19.7 Å². The van der Waals surface area contributed by atoms with Gasteiger partial charge in [-0.1, -0.05) is 0 Å². The Labute approximate surface area is 106 Å². The average Bonchev–Trinajstić information content (AvgIpc) is 2.57. The Morgan fingerprint density at radius 3 is 2.56 bits per heavy atom. The second-order valence-electron chi connectivity index (χ2n) is 3.44. The Morgan fingerprint density at radius 1 is 1.50 bits per heavy atom. The molecule has 10 heteroatoms. The zero-order chi connectivity index (χ0) is 14.0. The minimum atomic E-state index is -4.34. The van der Waals surface area contributed by atoms with Gasteiger partial charge >= 0.3 is 6.18 Å². The minimum absolute atomic E-state index is 0.0188. The van der Waals surface area contributed by atoms with E-state index < -0.39 is 28.2 Å². The van der Waals surface area contributed by atoms with Crippen LogP contribution in [0.1, 0.15) is 12.1 Å². The van der Waals surface area contributed by atoms with Crippen LogP contribution in [0, 0.1) is 0 Å². The second kappa shape index (κ2) is 5.45. The highest BCUT2D eigenvalue weighted by Crippen LogP contribution is 2.23. The number of halogens is 4. The number of alkyl halides is 3. The third kappa shape index (κ3) is 4.46. The fourth-order valence-electron chi connectivity index (χ4n) is 1.24. The van der Waals surface area contributed by atoms with Crippen molar-refractivity contribution in [3.05, 3.63) is 11.9 Å². The van der Waals surface area contributed by atoms with Gasteiger partial charge in [-0.3, -0.25) is 4.68 Å². The number of hydrogen-bond acceptors (Lipinski definition) is 4. The summed E-state index contributed by atoms with van der Waals surface area (Å²) < 4.78 is 64.0. The number of hydrogen-bond donors (Lipinski definition) is 0. The molecule has 0 aliphatic heterocycles. The molecule has 0 atom stereocenters. The molecule has 1 rings (SSSR count). The van der Waals surface area contributed by atoms with E-state index in [9.17, 15) is 21.6 Å². The Kier molecular flexibility index (Phi) is 4.62. The number of methoxy groups -OCH3 is 1. The predicted molar refractivity (Wildman–Crippen MR) is 56.7 cm³/mol. The number of ether oxygens (including phenoxy) is 1. The summed E-state index contributed by atoms with van der Waals surface area (Å²) in [5.41, 5.74) is -0.0188. The second-order valence-corrected chi connectivity index (χ2v) is 5.97. The van der Waals surface area contributed by atoms with E-state index in [2.05, 4.69) is 5.10 Å². The molecule has 18 heavy (non-hydrogen) atoms. The van der Waals surface area contributed by atoms with Crippen LogP contribution in [-0.2, 0) is 26.9 Å². The first-order valence-electron chi connectivity index (χ1n) is 4.70. The standard InChI is InChI=1S/C8H10ClF3N2O3S/c1-17-5-6-7(18(9,15)16)4-14(13-6)3-2-8(10,11)12/h4H,2-3,5H2,1H3. The van der Waals surface area contributed by atoms with Crippen molar-refractivity contribution in [2.24, 2.45) is 0 Å². The summed E-state index contributed by atoms with van der Waals surface area (Å²) in [6, 6.07) is 0. The summed E-state index contributed by atoms with van der Waals surface area (Å²) in [6.07, 6.45) is -4.49. The van der Waals surface area contributed by atoms with E-state index >= 15 is 0 Å². The van der Waals surface area contributed by atoms with Gasteiger partial charge in [0.1, 0.15) is 10.6 Å². The third-order valence-electron chi connectivity index (χ3n) is 1.97. The van der Waals surface area contributed by atoms with Gasteiger partial charge in [0.2, 0.25) is 0 Å². The van der Waals surface area contributed by atoms with Gasteiger partial charge < -0.3 is 4.74 Å². The number of aryl methyl sites for hydroxylation is 1. The maximum Gasteiger partial charge on any atom is 0.390 e.